The van der Waals surface area contributed by atoms with Crippen LogP contribution in [-0.4, -0.2) is 47.2 Å². The molecule has 2 aromatic heterocycles. The van der Waals surface area contributed by atoms with Crippen molar-refractivity contribution < 1.29 is 18.0 Å². The maximum Gasteiger partial charge on any atom is 0.261 e. The van der Waals surface area contributed by atoms with Crippen molar-refractivity contribution in [2.45, 2.75) is 31.2 Å². The van der Waals surface area contributed by atoms with E-state index in [1.165, 1.54) is 18.3 Å². The van der Waals surface area contributed by atoms with E-state index in [9.17, 15) is 22.8 Å². The molecule has 0 radical (unpaired) electrons. The fraction of sp³-hybridized carbons (Fsp3) is 0.273. The number of rotatable bonds is 5. The number of hydrogen-bond acceptors (Lipinski definition) is 6. The number of benzene rings is 1. The van der Waals surface area contributed by atoms with Crippen LogP contribution < -0.4 is 16.2 Å². The monoisotopic (exact) mass is 467 g/mol. The van der Waals surface area contributed by atoms with E-state index in [2.05, 4.69) is 25.8 Å². The molecule has 0 saturated heterocycles. The van der Waals surface area contributed by atoms with Gasteiger partial charge in [0.2, 0.25) is 0 Å². The van der Waals surface area contributed by atoms with Crippen LogP contribution >= 0.6 is 0 Å². The first-order chi connectivity index (χ1) is 15.8. The van der Waals surface area contributed by atoms with Crippen LogP contribution in [0.5, 0.6) is 0 Å². The molecule has 0 unspecified atom stereocenters. The number of carbonyl (C=O) groups is 2. The van der Waals surface area contributed by atoms with Crippen molar-refractivity contribution in [2.75, 3.05) is 11.1 Å². The molecule has 2 aliphatic rings. The van der Waals surface area contributed by atoms with Crippen LogP contribution in [0.2, 0.25) is 0 Å². The van der Waals surface area contributed by atoms with Crippen LogP contribution in [0.15, 0.2) is 46.7 Å². The topological polar surface area (TPSA) is 154 Å². The molecule has 5 rings (SSSR count). The lowest BCUT2D eigenvalue weighted by molar-refractivity contribution is 0.0945. The number of nitrogens with zero attached hydrogens (tertiary/aromatic N) is 1. The summed E-state index contributed by atoms with van der Waals surface area (Å²) in [5.74, 6) is -0.668. The van der Waals surface area contributed by atoms with Gasteiger partial charge in [0.1, 0.15) is 11.4 Å². The smallest absolute Gasteiger partial charge is 0.261 e. The summed E-state index contributed by atoms with van der Waals surface area (Å²) in [6, 6.07) is 5.99. The minimum Gasteiger partial charge on any atom is -0.345 e. The molecule has 1 aromatic carbocycles. The standard InChI is InChI=1S/C22H21N5O5S/c28-20(24-14-7-9-33(31,32)11-14)16-10-13-4-5-15(12-2-1-3-12)18(19(13)26-21(16)29)22(30)25-17-6-8-23-27-17/h4-10,12,14H,1-3,11H2,(H,24,28)(H,26,29)(H2,23,25,27,30)/t14-/m1/s1. The van der Waals surface area contributed by atoms with Crippen molar-refractivity contribution in [1.82, 2.24) is 20.5 Å². The Morgan fingerprint density at radius 2 is 1.94 bits per heavy atom. The first-order valence-corrected chi connectivity index (χ1v) is 12.2. The molecule has 33 heavy (non-hydrogen) atoms. The van der Waals surface area contributed by atoms with Crippen LogP contribution in [-0.2, 0) is 9.84 Å². The average molecular weight is 468 g/mol. The molecule has 1 saturated carbocycles. The Hall–Kier alpha value is -3.73. The van der Waals surface area contributed by atoms with Crippen LogP contribution in [0.3, 0.4) is 0 Å². The van der Waals surface area contributed by atoms with E-state index in [0.717, 1.165) is 30.2 Å². The second kappa shape index (κ2) is 8.00. The number of aromatic amines is 2. The van der Waals surface area contributed by atoms with E-state index < -0.39 is 27.3 Å². The largest absolute Gasteiger partial charge is 0.345 e. The number of pyridine rings is 1. The summed E-state index contributed by atoms with van der Waals surface area (Å²) in [6.07, 6.45) is 5.89. The van der Waals surface area contributed by atoms with Gasteiger partial charge in [-0.25, -0.2) is 8.42 Å². The Bertz CT molecular complexity index is 1450. The van der Waals surface area contributed by atoms with E-state index in [1.807, 2.05) is 6.07 Å². The summed E-state index contributed by atoms with van der Waals surface area (Å²) in [7, 11) is -3.35. The fourth-order valence-corrected chi connectivity index (χ4v) is 5.42. The number of H-pyrrole nitrogens is 2. The van der Waals surface area contributed by atoms with Crippen LogP contribution in [0, 0.1) is 0 Å². The summed E-state index contributed by atoms with van der Waals surface area (Å²) in [6.45, 7) is 0. The molecule has 4 N–H and O–H groups in total. The number of hydrogen-bond donors (Lipinski definition) is 4. The highest BCUT2D eigenvalue weighted by molar-refractivity contribution is 7.94. The number of fused-ring (bicyclic) bond motifs is 1. The summed E-state index contributed by atoms with van der Waals surface area (Å²) < 4.78 is 23.2. The Kier molecular flexibility index (Phi) is 5.12. The third-order valence-corrected chi connectivity index (χ3v) is 7.46. The Morgan fingerprint density at radius 3 is 2.58 bits per heavy atom. The molecule has 170 valence electrons. The molecule has 1 aliphatic heterocycles. The lowest BCUT2D eigenvalue weighted by Crippen LogP contribution is -2.38. The molecule has 1 fully saturated rings. The molecule has 1 aliphatic carbocycles. The number of sulfone groups is 1. The zero-order chi connectivity index (χ0) is 23.2. The maximum absolute atomic E-state index is 13.2. The highest BCUT2D eigenvalue weighted by Gasteiger charge is 2.28. The van der Waals surface area contributed by atoms with Crippen molar-refractivity contribution in [1.29, 1.82) is 0 Å². The number of nitrogens with one attached hydrogen (secondary N) is 4. The Morgan fingerprint density at radius 1 is 1.12 bits per heavy atom. The van der Waals surface area contributed by atoms with Crippen molar-refractivity contribution in [3.8, 4) is 0 Å². The minimum absolute atomic E-state index is 0.156. The molecular weight excluding hydrogens is 446 g/mol. The van der Waals surface area contributed by atoms with Gasteiger partial charge in [-0.2, -0.15) is 5.10 Å². The van der Waals surface area contributed by atoms with Crippen LogP contribution in [0.1, 0.15) is 51.5 Å². The summed E-state index contributed by atoms with van der Waals surface area (Å²) >= 11 is 0. The summed E-state index contributed by atoms with van der Waals surface area (Å²) in [4.78, 5) is 41.4. The first-order valence-electron chi connectivity index (χ1n) is 10.5. The molecule has 2 amide bonds. The molecule has 1 atom stereocenters. The lowest BCUT2D eigenvalue weighted by Gasteiger charge is -2.28. The second-order valence-electron chi connectivity index (χ2n) is 8.30. The maximum atomic E-state index is 13.2. The highest BCUT2D eigenvalue weighted by atomic mass is 32.2. The molecule has 0 bridgehead atoms. The molecular formula is C22H21N5O5S. The predicted octanol–water partition coefficient (Wildman–Crippen LogP) is 1.81. The van der Waals surface area contributed by atoms with Gasteiger partial charge in [-0.15, -0.1) is 0 Å². The molecule has 0 spiro atoms. The second-order valence-corrected chi connectivity index (χ2v) is 10.2. The van der Waals surface area contributed by atoms with E-state index >= 15 is 0 Å². The zero-order valence-electron chi connectivity index (χ0n) is 17.4. The third kappa shape index (κ3) is 4.07. The van der Waals surface area contributed by atoms with Gasteiger partial charge in [0, 0.05) is 11.5 Å². The van der Waals surface area contributed by atoms with Crippen molar-refractivity contribution in [2.24, 2.45) is 0 Å². The van der Waals surface area contributed by atoms with E-state index in [1.54, 1.807) is 12.1 Å². The zero-order valence-corrected chi connectivity index (χ0v) is 18.2. The minimum atomic E-state index is -3.35. The number of aromatic nitrogens is 3. The van der Waals surface area contributed by atoms with E-state index in [0.29, 0.717) is 22.3 Å². The number of anilines is 1. The van der Waals surface area contributed by atoms with Gasteiger partial charge < -0.3 is 15.6 Å². The normalized spacial score (nSPS) is 19.3. The fourth-order valence-electron chi connectivity index (χ4n) is 4.19. The first kappa shape index (κ1) is 21.1. The number of amides is 2. The van der Waals surface area contributed by atoms with E-state index in [-0.39, 0.29) is 23.1 Å². The molecule has 10 nitrogen and oxygen atoms in total. The summed E-state index contributed by atoms with van der Waals surface area (Å²) in [5.41, 5.74) is 0.740. The van der Waals surface area contributed by atoms with Crippen LogP contribution in [0.25, 0.3) is 10.9 Å². The highest BCUT2D eigenvalue weighted by Crippen LogP contribution is 2.39. The van der Waals surface area contributed by atoms with Crippen LogP contribution in [0.4, 0.5) is 5.82 Å². The molecule has 11 heteroatoms. The van der Waals surface area contributed by atoms with Gasteiger partial charge in [-0.1, -0.05) is 18.6 Å². The van der Waals surface area contributed by atoms with Crippen molar-refractivity contribution in [3.05, 3.63) is 69.0 Å². The summed E-state index contributed by atoms with van der Waals surface area (Å²) in [5, 5.41) is 13.4. The van der Waals surface area contributed by atoms with Crippen molar-refractivity contribution in [3.63, 3.8) is 0 Å². The van der Waals surface area contributed by atoms with Gasteiger partial charge in [-0.3, -0.25) is 19.5 Å². The van der Waals surface area contributed by atoms with Gasteiger partial charge in [0.15, 0.2) is 9.84 Å². The van der Waals surface area contributed by atoms with E-state index in [4.69, 9.17) is 0 Å². The quantitative estimate of drug-likeness (QED) is 0.449. The Balaban J connectivity index is 1.53. The Labute approximate surface area is 188 Å². The van der Waals surface area contributed by atoms with Crippen molar-refractivity contribution >= 4 is 38.4 Å². The van der Waals surface area contributed by atoms with Gasteiger partial charge in [0.05, 0.1) is 29.1 Å². The third-order valence-electron chi connectivity index (χ3n) is 6.06. The molecule has 3 heterocycles. The molecule has 3 aromatic rings. The number of carbonyl (C=O) groups excluding carboxylic acids is 2. The van der Waals surface area contributed by atoms with Gasteiger partial charge in [0.25, 0.3) is 17.4 Å². The SMILES string of the molecule is O=C(N[C@@H]1C=CS(=O)(=O)C1)c1cc2ccc(C3CCC3)c(C(=O)Nc3ccn[nH]3)c2[nH]c1=O. The van der Waals surface area contributed by atoms with Gasteiger partial charge in [-0.05, 0) is 41.9 Å². The predicted molar refractivity (Wildman–Crippen MR) is 122 cm³/mol. The average Bonchev–Trinajstić information content (AvgIpc) is 3.34. The van der Waals surface area contributed by atoms with Gasteiger partial charge >= 0.3 is 0 Å². The lowest BCUT2D eigenvalue weighted by atomic mass is 9.77.